The average Bonchev–Trinajstić information content (AvgIpc) is 2.86. The number of amides is 1. The number of nitrogens with zero attached hydrogens (tertiary/aromatic N) is 1. The van der Waals surface area contributed by atoms with Gasteiger partial charge >= 0.3 is 0 Å². The number of aliphatic hydroxyl groups is 1. The number of thiophene rings is 1. The van der Waals surface area contributed by atoms with Gasteiger partial charge in [-0.3, -0.25) is 4.79 Å². The van der Waals surface area contributed by atoms with Crippen LogP contribution in [-0.2, 0) is 5.54 Å². The largest absolute Gasteiger partial charge is 0.396 e. The summed E-state index contributed by atoms with van der Waals surface area (Å²) < 4.78 is 1.04. The summed E-state index contributed by atoms with van der Waals surface area (Å²) in [5, 5.41) is 9.12. The molecule has 0 aromatic carbocycles. The number of rotatable bonds is 3. The van der Waals surface area contributed by atoms with Gasteiger partial charge in [0.25, 0.3) is 5.91 Å². The van der Waals surface area contributed by atoms with E-state index in [1.54, 1.807) is 11.3 Å². The van der Waals surface area contributed by atoms with E-state index in [4.69, 9.17) is 5.11 Å². The Kier molecular flexibility index (Phi) is 3.24. The molecule has 1 fully saturated rings. The third-order valence-corrected chi connectivity index (χ3v) is 5.92. The van der Waals surface area contributed by atoms with Crippen molar-refractivity contribution in [3.8, 4) is 0 Å². The molecule has 1 atom stereocenters. The number of aliphatic hydroxyl groups excluding tert-OH is 1. The maximum atomic E-state index is 12.5. The second kappa shape index (κ2) is 4.62. The van der Waals surface area contributed by atoms with Crippen LogP contribution in [0.25, 0.3) is 0 Å². The Hall–Kier alpha value is -0.390. The first-order valence-corrected chi connectivity index (χ1v) is 8.02. The highest BCUT2D eigenvalue weighted by Crippen LogP contribution is 2.52. The number of carbonyl (C=O) groups excluding carboxylic acids is 1. The third-order valence-electron chi connectivity index (χ3n) is 4.09. The Balaban J connectivity index is 2.06. The van der Waals surface area contributed by atoms with E-state index in [0.717, 1.165) is 41.6 Å². The first-order chi connectivity index (χ1) is 8.69. The van der Waals surface area contributed by atoms with Crippen LogP contribution in [0.3, 0.4) is 0 Å². The number of halogens is 1. The lowest BCUT2D eigenvalue weighted by molar-refractivity contribution is 0.0350. The Bertz CT molecular complexity index is 487. The lowest BCUT2D eigenvalue weighted by Crippen LogP contribution is -2.47. The lowest BCUT2D eigenvalue weighted by Gasteiger charge is -2.42. The molecule has 1 amide bonds. The normalized spacial score (nSPS) is 26.3. The van der Waals surface area contributed by atoms with Crippen LogP contribution in [0, 0.1) is 0 Å². The summed E-state index contributed by atoms with van der Waals surface area (Å²) in [6.45, 7) is 1.06. The Morgan fingerprint density at radius 3 is 3.11 bits per heavy atom. The number of piperidine rings is 1. The molecule has 0 radical (unpaired) electrons. The van der Waals surface area contributed by atoms with Crippen molar-refractivity contribution in [2.45, 2.75) is 37.6 Å². The topological polar surface area (TPSA) is 40.5 Å². The molecule has 18 heavy (non-hydrogen) atoms. The van der Waals surface area contributed by atoms with Gasteiger partial charge in [0.05, 0.1) is 14.9 Å². The fourth-order valence-electron chi connectivity index (χ4n) is 3.32. The molecule has 5 heteroatoms. The Morgan fingerprint density at radius 1 is 1.50 bits per heavy atom. The first kappa shape index (κ1) is 12.6. The highest BCUT2D eigenvalue weighted by Gasteiger charge is 2.51. The molecule has 1 unspecified atom stereocenters. The zero-order chi connectivity index (χ0) is 12.8. The number of fused-ring (bicyclic) bond motifs is 3. The molecule has 0 aliphatic carbocycles. The predicted octanol–water partition coefficient (Wildman–Crippen LogP) is 3.12. The lowest BCUT2D eigenvalue weighted by atomic mass is 9.83. The van der Waals surface area contributed by atoms with Crippen LogP contribution in [0.2, 0.25) is 0 Å². The van der Waals surface area contributed by atoms with Crippen LogP contribution in [0.4, 0.5) is 0 Å². The molecule has 1 aromatic heterocycles. The highest BCUT2D eigenvalue weighted by molar-refractivity contribution is 9.11. The summed E-state index contributed by atoms with van der Waals surface area (Å²) in [7, 11) is 0. The SMILES string of the molecule is O=C1c2cc(Br)sc2C2(CCCO)CCCCN12. The van der Waals surface area contributed by atoms with E-state index in [0.29, 0.717) is 0 Å². The second-order valence-corrected chi connectivity index (χ2v) is 7.50. The van der Waals surface area contributed by atoms with E-state index in [1.165, 1.54) is 11.3 Å². The van der Waals surface area contributed by atoms with Gasteiger partial charge in [-0.05, 0) is 54.1 Å². The van der Waals surface area contributed by atoms with E-state index < -0.39 is 0 Å². The molecule has 3 nitrogen and oxygen atoms in total. The Labute approximate surface area is 119 Å². The fraction of sp³-hybridized carbons (Fsp3) is 0.615. The molecule has 2 aliphatic heterocycles. The van der Waals surface area contributed by atoms with Crippen molar-refractivity contribution in [1.82, 2.24) is 4.90 Å². The highest BCUT2D eigenvalue weighted by atomic mass is 79.9. The fourth-order valence-corrected chi connectivity index (χ4v) is 5.17. The maximum Gasteiger partial charge on any atom is 0.255 e. The third kappa shape index (κ3) is 1.67. The van der Waals surface area contributed by atoms with Gasteiger partial charge in [-0.1, -0.05) is 0 Å². The molecule has 0 saturated carbocycles. The molecule has 0 bridgehead atoms. The van der Waals surface area contributed by atoms with Crippen LogP contribution in [0.1, 0.15) is 47.3 Å². The van der Waals surface area contributed by atoms with Crippen LogP contribution in [0.15, 0.2) is 9.85 Å². The summed E-state index contributed by atoms with van der Waals surface area (Å²) in [4.78, 5) is 15.7. The minimum atomic E-state index is -0.121. The molecule has 3 heterocycles. The molecule has 98 valence electrons. The summed E-state index contributed by atoms with van der Waals surface area (Å²) in [5.41, 5.74) is 0.760. The molecule has 1 saturated heterocycles. The number of hydrogen-bond acceptors (Lipinski definition) is 3. The van der Waals surface area contributed by atoms with Gasteiger partial charge in [0, 0.05) is 18.0 Å². The van der Waals surface area contributed by atoms with Crippen LogP contribution < -0.4 is 0 Å². The molecule has 1 aromatic rings. The van der Waals surface area contributed by atoms with Crippen LogP contribution in [-0.4, -0.2) is 29.1 Å². The maximum absolute atomic E-state index is 12.5. The van der Waals surface area contributed by atoms with Crippen molar-refractivity contribution in [3.05, 3.63) is 20.3 Å². The van der Waals surface area contributed by atoms with Crippen molar-refractivity contribution < 1.29 is 9.90 Å². The van der Waals surface area contributed by atoms with Crippen molar-refractivity contribution in [2.24, 2.45) is 0 Å². The van der Waals surface area contributed by atoms with Gasteiger partial charge in [0.15, 0.2) is 0 Å². The molecular weight excluding hydrogens is 314 g/mol. The summed E-state index contributed by atoms with van der Waals surface area (Å²) in [6, 6.07) is 1.96. The van der Waals surface area contributed by atoms with Crippen LogP contribution in [0.5, 0.6) is 0 Å². The van der Waals surface area contributed by atoms with Gasteiger partial charge < -0.3 is 10.0 Å². The summed E-state index contributed by atoms with van der Waals surface area (Å²) in [6.07, 6.45) is 4.96. The molecule has 2 aliphatic rings. The van der Waals surface area contributed by atoms with Gasteiger partial charge in [-0.25, -0.2) is 0 Å². The molecule has 0 spiro atoms. The monoisotopic (exact) mass is 329 g/mol. The zero-order valence-corrected chi connectivity index (χ0v) is 12.5. The van der Waals surface area contributed by atoms with E-state index in [-0.39, 0.29) is 18.1 Å². The summed E-state index contributed by atoms with van der Waals surface area (Å²) in [5.74, 6) is 0.185. The zero-order valence-electron chi connectivity index (χ0n) is 10.1. The average molecular weight is 330 g/mol. The van der Waals surface area contributed by atoms with Crippen molar-refractivity contribution in [1.29, 1.82) is 0 Å². The van der Waals surface area contributed by atoms with Crippen LogP contribution >= 0.6 is 27.3 Å². The van der Waals surface area contributed by atoms with Gasteiger partial charge in [0.1, 0.15) is 0 Å². The van der Waals surface area contributed by atoms with E-state index >= 15 is 0 Å². The van der Waals surface area contributed by atoms with Gasteiger partial charge in [-0.15, -0.1) is 11.3 Å². The predicted molar refractivity (Wildman–Crippen MR) is 74.9 cm³/mol. The van der Waals surface area contributed by atoms with Gasteiger partial charge in [0.2, 0.25) is 0 Å². The number of carbonyl (C=O) groups is 1. The minimum absolute atomic E-state index is 0.121. The Morgan fingerprint density at radius 2 is 2.33 bits per heavy atom. The van der Waals surface area contributed by atoms with E-state index in [2.05, 4.69) is 20.8 Å². The van der Waals surface area contributed by atoms with E-state index in [1.807, 2.05) is 6.07 Å². The molecule has 1 N–H and O–H groups in total. The van der Waals surface area contributed by atoms with Crippen molar-refractivity contribution >= 4 is 33.2 Å². The quantitative estimate of drug-likeness (QED) is 0.925. The first-order valence-electron chi connectivity index (χ1n) is 6.42. The number of hydrogen-bond donors (Lipinski definition) is 1. The van der Waals surface area contributed by atoms with Crippen molar-refractivity contribution in [2.75, 3.05) is 13.2 Å². The minimum Gasteiger partial charge on any atom is -0.396 e. The smallest absolute Gasteiger partial charge is 0.255 e. The molecule has 3 rings (SSSR count). The molecular formula is C13H16BrNO2S. The standard InChI is InChI=1S/C13H16BrNO2S/c14-10-8-9-11(18-10)13(5-3-7-16)4-1-2-6-15(13)12(9)17/h8,16H,1-7H2. The second-order valence-electron chi connectivity index (χ2n) is 5.07. The van der Waals surface area contributed by atoms with Gasteiger partial charge in [-0.2, -0.15) is 0 Å². The summed E-state index contributed by atoms with van der Waals surface area (Å²) >= 11 is 5.18. The van der Waals surface area contributed by atoms with Crippen molar-refractivity contribution in [3.63, 3.8) is 0 Å². The van der Waals surface area contributed by atoms with E-state index in [9.17, 15) is 4.79 Å².